The van der Waals surface area contributed by atoms with Crippen molar-refractivity contribution in [2.24, 2.45) is 0 Å². The summed E-state index contributed by atoms with van der Waals surface area (Å²) in [6.07, 6.45) is 0. The first-order valence-electron chi connectivity index (χ1n) is 9.59. The van der Waals surface area contributed by atoms with Crippen LogP contribution in [0.1, 0.15) is 11.4 Å². The lowest BCUT2D eigenvalue weighted by Crippen LogP contribution is -2.42. The third-order valence-electron chi connectivity index (χ3n) is 5.15. The molecular weight excluding hydrogens is 358 g/mol. The highest BCUT2D eigenvalue weighted by molar-refractivity contribution is 5.87. The predicted octanol–water partition coefficient (Wildman–Crippen LogP) is 0.714. The van der Waals surface area contributed by atoms with Gasteiger partial charge in [-0.1, -0.05) is 11.6 Å². The van der Waals surface area contributed by atoms with E-state index in [1.54, 1.807) is 0 Å². The van der Waals surface area contributed by atoms with Gasteiger partial charge in [-0.05, 0) is 32.0 Å². The van der Waals surface area contributed by atoms with Crippen LogP contribution in [0.3, 0.4) is 0 Å². The molecule has 8 nitrogen and oxygen atoms in total. The number of nitrogens with zero attached hydrogens (tertiary/aromatic N) is 4. The average Bonchev–Trinajstić information content (AvgIpc) is 3.06. The fraction of sp³-hybridized carbons (Fsp3) is 0.450. The zero-order valence-corrected chi connectivity index (χ0v) is 16.3. The summed E-state index contributed by atoms with van der Waals surface area (Å²) in [6.45, 7) is 8.34. The number of aryl methyl sites for hydroxylation is 2. The number of rotatable bonds is 5. The second kappa shape index (κ2) is 7.73. The molecule has 1 N–H and O–H groups in total. The lowest BCUT2D eigenvalue weighted by atomic mass is 10.2. The van der Waals surface area contributed by atoms with Crippen molar-refractivity contribution in [3.63, 3.8) is 0 Å². The molecular formula is C20H25N5O3. The first-order chi connectivity index (χ1) is 13.5. The lowest BCUT2D eigenvalue weighted by Gasteiger charge is -2.26. The number of aromatic nitrogens is 3. The zero-order valence-electron chi connectivity index (χ0n) is 16.3. The van der Waals surface area contributed by atoms with Gasteiger partial charge in [0.05, 0.1) is 18.7 Å². The maximum atomic E-state index is 12.9. The van der Waals surface area contributed by atoms with Crippen LogP contribution in [0.2, 0.25) is 0 Å². The van der Waals surface area contributed by atoms with Gasteiger partial charge in [-0.2, -0.15) is 5.10 Å². The molecule has 0 unspecified atom stereocenters. The molecule has 0 bridgehead atoms. The third-order valence-corrected chi connectivity index (χ3v) is 5.15. The zero-order chi connectivity index (χ0) is 19.7. The molecule has 3 heterocycles. The normalized spacial score (nSPS) is 15.4. The van der Waals surface area contributed by atoms with E-state index in [1.165, 1.54) is 4.68 Å². The summed E-state index contributed by atoms with van der Waals surface area (Å²) >= 11 is 0. The number of amides is 1. The van der Waals surface area contributed by atoms with Crippen LogP contribution in [0.25, 0.3) is 16.4 Å². The summed E-state index contributed by atoms with van der Waals surface area (Å²) in [5.41, 5.74) is 2.36. The fourth-order valence-corrected chi connectivity index (χ4v) is 3.72. The van der Waals surface area contributed by atoms with E-state index in [-0.39, 0.29) is 18.0 Å². The summed E-state index contributed by atoms with van der Waals surface area (Å²) in [5, 5.41) is 8.24. The van der Waals surface area contributed by atoms with Gasteiger partial charge in [0.15, 0.2) is 0 Å². The van der Waals surface area contributed by atoms with Gasteiger partial charge in [-0.25, -0.2) is 4.68 Å². The van der Waals surface area contributed by atoms with Crippen molar-refractivity contribution in [3.8, 4) is 0 Å². The number of benzene rings is 1. The minimum absolute atomic E-state index is 0.0835. The number of hydrogen-bond donors (Lipinski definition) is 1. The highest BCUT2D eigenvalue weighted by atomic mass is 16.5. The van der Waals surface area contributed by atoms with Crippen LogP contribution in [-0.4, -0.2) is 64.4 Å². The van der Waals surface area contributed by atoms with Crippen LogP contribution in [0.15, 0.2) is 29.1 Å². The minimum atomic E-state index is -0.261. The molecule has 8 heteroatoms. The van der Waals surface area contributed by atoms with Crippen LogP contribution in [0.5, 0.6) is 0 Å². The monoisotopic (exact) mass is 383 g/mol. The van der Waals surface area contributed by atoms with Crippen LogP contribution in [0, 0.1) is 13.8 Å². The van der Waals surface area contributed by atoms with Gasteiger partial charge in [0.25, 0.3) is 5.56 Å². The third kappa shape index (κ3) is 3.65. The molecule has 1 aromatic carbocycles. The Balaban J connectivity index is 1.50. The molecule has 1 amide bonds. The first-order valence-corrected chi connectivity index (χ1v) is 9.59. The van der Waals surface area contributed by atoms with Gasteiger partial charge in [0.1, 0.15) is 17.9 Å². The molecule has 0 atom stereocenters. The van der Waals surface area contributed by atoms with Gasteiger partial charge >= 0.3 is 0 Å². The second-order valence-electron chi connectivity index (χ2n) is 7.24. The minimum Gasteiger partial charge on any atom is -0.379 e. The summed E-state index contributed by atoms with van der Waals surface area (Å²) < 4.78 is 8.42. The molecule has 148 valence electrons. The highest BCUT2D eigenvalue weighted by Crippen LogP contribution is 2.20. The second-order valence-corrected chi connectivity index (χ2v) is 7.24. The Morgan fingerprint density at radius 2 is 1.96 bits per heavy atom. The summed E-state index contributed by atoms with van der Waals surface area (Å²) in [4.78, 5) is 27.4. The molecule has 0 spiro atoms. The van der Waals surface area contributed by atoms with E-state index in [4.69, 9.17) is 4.74 Å². The molecule has 4 rings (SSSR count). The van der Waals surface area contributed by atoms with Crippen molar-refractivity contribution in [3.05, 3.63) is 46.0 Å². The average molecular weight is 383 g/mol. The summed E-state index contributed by atoms with van der Waals surface area (Å²) in [6, 6.07) is 7.92. The van der Waals surface area contributed by atoms with Gasteiger partial charge in [0.2, 0.25) is 5.91 Å². The van der Waals surface area contributed by atoms with Crippen LogP contribution in [0.4, 0.5) is 0 Å². The maximum absolute atomic E-state index is 12.9. The van der Waals surface area contributed by atoms with E-state index in [9.17, 15) is 9.59 Å². The number of morpholine rings is 1. The van der Waals surface area contributed by atoms with Gasteiger partial charge in [-0.3, -0.25) is 18.9 Å². The quantitative estimate of drug-likeness (QED) is 0.702. The number of hydrogen-bond acceptors (Lipinski definition) is 5. The Morgan fingerprint density at radius 1 is 1.18 bits per heavy atom. The number of carbonyl (C=O) groups is 1. The molecule has 0 aliphatic carbocycles. The predicted molar refractivity (Wildman–Crippen MR) is 107 cm³/mol. The molecule has 1 aliphatic rings. The molecule has 1 fully saturated rings. The van der Waals surface area contributed by atoms with Crippen molar-refractivity contribution >= 4 is 22.3 Å². The summed E-state index contributed by atoms with van der Waals surface area (Å²) in [7, 11) is 0. The van der Waals surface area contributed by atoms with E-state index in [1.807, 2.05) is 42.5 Å². The van der Waals surface area contributed by atoms with Crippen molar-refractivity contribution in [1.29, 1.82) is 0 Å². The van der Waals surface area contributed by atoms with Crippen molar-refractivity contribution in [2.75, 3.05) is 39.4 Å². The number of carbonyl (C=O) groups excluding carboxylic acids is 1. The maximum Gasteiger partial charge on any atom is 0.291 e. The number of ether oxygens (including phenoxy) is 1. The van der Waals surface area contributed by atoms with Crippen LogP contribution >= 0.6 is 0 Å². The molecule has 0 saturated carbocycles. The Bertz CT molecular complexity index is 1080. The van der Waals surface area contributed by atoms with Crippen LogP contribution < -0.4 is 10.9 Å². The Kier molecular flexibility index (Phi) is 5.15. The van der Waals surface area contributed by atoms with Gasteiger partial charge < -0.3 is 10.1 Å². The van der Waals surface area contributed by atoms with Crippen molar-refractivity contribution in [2.45, 2.75) is 20.4 Å². The molecule has 1 saturated heterocycles. The highest BCUT2D eigenvalue weighted by Gasteiger charge is 2.15. The first kappa shape index (κ1) is 18.6. The van der Waals surface area contributed by atoms with Crippen molar-refractivity contribution < 1.29 is 9.53 Å². The molecule has 1 aliphatic heterocycles. The molecule has 3 aromatic rings. The fourth-order valence-electron chi connectivity index (χ4n) is 3.72. The molecule has 0 radical (unpaired) electrons. The van der Waals surface area contributed by atoms with E-state index in [0.29, 0.717) is 17.9 Å². The largest absolute Gasteiger partial charge is 0.379 e. The summed E-state index contributed by atoms with van der Waals surface area (Å²) in [5.74, 6) is 0.466. The van der Waals surface area contributed by atoms with Gasteiger partial charge in [0, 0.05) is 31.6 Å². The smallest absolute Gasteiger partial charge is 0.291 e. The molecule has 28 heavy (non-hydrogen) atoms. The lowest BCUT2D eigenvalue weighted by molar-refractivity contribution is -0.122. The number of fused-ring (bicyclic) bond motifs is 3. The Morgan fingerprint density at radius 3 is 2.75 bits per heavy atom. The van der Waals surface area contributed by atoms with Crippen LogP contribution in [-0.2, 0) is 16.1 Å². The van der Waals surface area contributed by atoms with E-state index < -0.39 is 0 Å². The van der Waals surface area contributed by atoms with E-state index in [2.05, 4.69) is 15.3 Å². The topological polar surface area (TPSA) is 80.9 Å². The van der Waals surface area contributed by atoms with Crippen molar-refractivity contribution in [1.82, 2.24) is 24.4 Å². The van der Waals surface area contributed by atoms with Gasteiger partial charge in [-0.15, -0.1) is 0 Å². The van der Waals surface area contributed by atoms with E-state index in [0.717, 1.165) is 49.3 Å². The molecule has 2 aromatic heterocycles. The Labute approximate surface area is 162 Å². The SMILES string of the molecule is Cc1ccc2c(c1)cc1c(=O)n(CC(=O)NCCN3CCOCC3)nc(C)n12. The standard InChI is InChI=1S/C20H25N5O3/c1-14-3-4-17-16(11-14)12-18-20(27)24(22-15(2)25(17)18)13-19(26)21-5-6-23-7-9-28-10-8-23/h3-4,11-12H,5-10,13H2,1-2H3,(H,21,26). The number of nitrogens with one attached hydrogen (secondary N) is 1. The van der Waals surface area contributed by atoms with E-state index >= 15 is 0 Å². The Hall–Kier alpha value is -2.71.